The van der Waals surface area contributed by atoms with Crippen molar-refractivity contribution in [1.82, 2.24) is 4.90 Å². The van der Waals surface area contributed by atoms with Gasteiger partial charge >= 0.3 is 0 Å². The molecule has 0 aromatic heterocycles. The molecular weight excluding hydrogens is 422 g/mol. The number of likely N-dealkylation sites (tertiary alicyclic amines) is 1. The van der Waals surface area contributed by atoms with Gasteiger partial charge in [-0.15, -0.1) is 0 Å². The first-order valence-electron chi connectivity index (χ1n) is 12.0. The fourth-order valence-corrected chi connectivity index (χ4v) is 10.3. The summed E-state index contributed by atoms with van der Waals surface area (Å²) in [5, 5.41) is 14.4. The Labute approximate surface area is 200 Å². The van der Waals surface area contributed by atoms with Crippen molar-refractivity contribution in [1.29, 1.82) is 0 Å². The number of hydrogen-bond donors (Lipinski definition) is 1. The second-order valence-electron chi connectivity index (χ2n) is 10.6. The molecule has 3 nitrogen and oxygen atoms in total. The van der Waals surface area contributed by atoms with Gasteiger partial charge in [0.1, 0.15) is 6.23 Å². The summed E-state index contributed by atoms with van der Waals surface area (Å²) < 4.78 is 7.47. The Balaban J connectivity index is 1.87. The molecule has 1 aliphatic heterocycles. The van der Waals surface area contributed by atoms with E-state index in [1.54, 1.807) is 0 Å². The van der Waals surface area contributed by atoms with Crippen LogP contribution in [0.1, 0.15) is 47.5 Å². The number of nitrogens with zero attached hydrogens (tertiary/aromatic N) is 1. The maximum Gasteiger partial charge on any atom is 0.288 e. The van der Waals surface area contributed by atoms with Crippen LogP contribution in [0.4, 0.5) is 0 Å². The lowest BCUT2D eigenvalue weighted by Gasteiger charge is -2.57. The summed E-state index contributed by atoms with van der Waals surface area (Å²) in [6.45, 7) is 10.8. The van der Waals surface area contributed by atoms with Gasteiger partial charge in [0.2, 0.25) is 0 Å². The van der Waals surface area contributed by atoms with Crippen molar-refractivity contribution >= 4 is 23.9 Å². The van der Waals surface area contributed by atoms with E-state index in [2.05, 4.69) is 124 Å². The van der Waals surface area contributed by atoms with Gasteiger partial charge in [-0.1, -0.05) is 91.0 Å². The first-order chi connectivity index (χ1) is 15.7. The summed E-state index contributed by atoms with van der Waals surface area (Å²) in [6.07, 6.45) is 1.29. The smallest absolute Gasteiger partial charge is 0.288 e. The molecule has 1 heterocycles. The Morgan fingerprint density at radius 1 is 0.727 bits per heavy atom. The van der Waals surface area contributed by atoms with Crippen LogP contribution in [0, 0.1) is 0 Å². The van der Waals surface area contributed by atoms with Crippen molar-refractivity contribution in [3.63, 3.8) is 0 Å². The van der Waals surface area contributed by atoms with E-state index in [-0.39, 0.29) is 17.2 Å². The van der Waals surface area contributed by atoms with Crippen molar-refractivity contribution in [3.05, 3.63) is 91.0 Å². The highest BCUT2D eigenvalue weighted by molar-refractivity contribution is 7.07. The van der Waals surface area contributed by atoms with E-state index >= 15 is 0 Å². The monoisotopic (exact) mass is 459 g/mol. The van der Waals surface area contributed by atoms with E-state index in [1.165, 1.54) is 15.6 Å². The lowest BCUT2D eigenvalue weighted by Crippen LogP contribution is -2.72. The van der Waals surface area contributed by atoms with E-state index in [9.17, 15) is 5.11 Å². The minimum absolute atomic E-state index is 0.0669. The van der Waals surface area contributed by atoms with Gasteiger partial charge in [-0.2, -0.15) is 0 Å². The average Bonchev–Trinajstić information content (AvgIpc) is 2.77. The Bertz CT molecular complexity index is 920. The molecule has 0 saturated carbocycles. The van der Waals surface area contributed by atoms with Crippen LogP contribution in [0.15, 0.2) is 91.0 Å². The largest absolute Gasteiger partial charge is 0.401 e. The van der Waals surface area contributed by atoms with Gasteiger partial charge in [0.15, 0.2) is 0 Å². The van der Waals surface area contributed by atoms with E-state index in [1.807, 2.05) is 6.92 Å². The van der Waals surface area contributed by atoms with Crippen LogP contribution < -0.4 is 15.6 Å². The van der Waals surface area contributed by atoms with Crippen LogP contribution in [0.3, 0.4) is 0 Å². The van der Waals surface area contributed by atoms with Crippen molar-refractivity contribution in [2.45, 2.75) is 70.9 Å². The number of aliphatic hydroxyl groups excluding tert-OH is 1. The minimum Gasteiger partial charge on any atom is -0.401 e. The number of aliphatic hydroxyl groups is 1. The molecule has 1 fully saturated rings. The third-order valence-electron chi connectivity index (χ3n) is 7.02. The molecule has 33 heavy (non-hydrogen) atoms. The van der Waals surface area contributed by atoms with Crippen molar-refractivity contribution in [2.75, 3.05) is 0 Å². The van der Waals surface area contributed by atoms with Crippen LogP contribution in [-0.2, 0) is 4.43 Å². The molecule has 4 heteroatoms. The molecule has 0 aliphatic carbocycles. The molecule has 1 aliphatic rings. The maximum atomic E-state index is 10.6. The van der Waals surface area contributed by atoms with Gasteiger partial charge in [0.25, 0.3) is 8.32 Å². The van der Waals surface area contributed by atoms with Crippen LogP contribution in [0.25, 0.3) is 0 Å². The molecule has 0 amide bonds. The van der Waals surface area contributed by atoms with E-state index in [4.69, 9.17) is 4.43 Å². The lowest BCUT2D eigenvalue weighted by atomic mass is 9.78. The van der Waals surface area contributed by atoms with Gasteiger partial charge in [-0.25, -0.2) is 0 Å². The molecule has 0 spiro atoms. The van der Waals surface area contributed by atoms with Gasteiger partial charge in [0.05, 0.1) is 0 Å². The Hall–Kier alpha value is -2.24. The number of hydrogen-bond acceptors (Lipinski definition) is 3. The second kappa shape index (κ2) is 9.19. The van der Waals surface area contributed by atoms with Crippen molar-refractivity contribution in [2.24, 2.45) is 0 Å². The van der Waals surface area contributed by atoms with Gasteiger partial charge in [0, 0.05) is 17.2 Å². The quantitative estimate of drug-likeness (QED) is 0.446. The first kappa shape index (κ1) is 23.9. The third-order valence-corrected chi connectivity index (χ3v) is 11.1. The van der Waals surface area contributed by atoms with E-state index in [0.717, 1.165) is 12.8 Å². The van der Waals surface area contributed by atoms with Gasteiger partial charge < -0.3 is 9.53 Å². The number of rotatable bonds is 6. The fourth-order valence-electron chi connectivity index (χ4n) is 6.27. The summed E-state index contributed by atoms with van der Waals surface area (Å²) >= 11 is 0. The minimum atomic E-state index is -2.77. The highest BCUT2D eigenvalue weighted by atomic mass is 28.4. The van der Waals surface area contributed by atoms with Crippen LogP contribution in [0.2, 0.25) is 0 Å². The van der Waals surface area contributed by atoms with Gasteiger partial charge in [-0.3, -0.25) is 4.90 Å². The summed E-state index contributed by atoms with van der Waals surface area (Å²) in [5.41, 5.74) is -0.379. The predicted molar refractivity (Wildman–Crippen MR) is 140 cm³/mol. The summed E-state index contributed by atoms with van der Waals surface area (Å²) in [5.74, 6) is 0. The fraction of sp³-hybridized carbons (Fsp3) is 0.379. The molecule has 1 N–H and O–H groups in total. The third kappa shape index (κ3) is 4.58. The Morgan fingerprint density at radius 3 is 1.36 bits per heavy atom. The zero-order valence-corrected chi connectivity index (χ0v) is 21.5. The molecule has 1 unspecified atom stereocenters. The second-order valence-corrected chi connectivity index (χ2v) is 13.9. The summed E-state index contributed by atoms with van der Waals surface area (Å²) in [7, 11) is -2.77. The molecule has 1 atom stereocenters. The van der Waals surface area contributed by atoms with E-state index in [0.29, 0.717) is 0 Å². The molecule has 174 valence electrons. The van der Waals surface area contributed by atoms with Gasteiger partial charge in [-0.05, 0) is 63.0 Å². The summed E-state index contributed by atoms with van der Waals surface area (Å²) in [4.78, 5) is 2.25. The highest BCUT2D eigenvalue weighted by Crippen LogP contribution is 2.41. The van der Waals surface area contributed by atoms with Crippen LogP contribution in [-0.4, -0.2) is 41.7 Å². The predicted octanol–water partition coefficient (Wildman–Crippen LogP) is 4.03. The first-order valence-corrected chi connectivity index (χ1v) is 13.9. The molecule has 4 rings (SSSR count). The van der Waals surface area contributed by atoms with Crippen LogP contribution in [0.5, 0.6) is 0 Å². The van der Waals surface area contributed by atoms with Crippen molar-refractivity contribution in [3.8, 4) is 0 Å². The normalized spacial score (nSPS) is 19.8. The standard InChI is InChI=1S/C29H37NO2Si/c1-23(31)30-28(2,3)21-24(22-29(30,4)5)32-33(25-15-9-6-10-16-25,26-17-11-7-12-18-26)27-19-13-8-14-20-27/h6-20,23-24,31H,21-22H2,1-5H3. The maximum absolute atomic E-state index is 10.6. The highest BCUT2D eigenvalue weighted by Gasteiger charge is 2.51. The number of benzene rings is 3. The molecule has 1 saturated heterocycles. The topological polar surface area (TPSA) is 32.7 Å². The zero-order valence-electron chi connectivity index (χ0n) is 20.5. The zero-order chi connectivity index (χ0) is 23.7. The molecular formula is C29H37NO2Si. The molecule has 3 aromatic rings. The van der Waals surface area contributed by atoms with Crippen LogP contribution >= 0.6 is 0 Å². The Morgan fingerprint density at radius 2 is 1.06 bits per heavy atom. The summed E-state index contributed by atoms with van der Waals surface area (Å²) in [6, 6.07) is 32.3. The van der Waals surface area contributed by atoms with E-state index < -0.39 is 14.5 Å². The molecule has 3 aromatic carbocycles. The molecule has 0 bridgehead atoms. The van der Waals surface area contributed by atoms with Crippen molar-refractivity contribution < 1.29 is 9.53 Å². The SMILES string of the molecule is CC(O)N1C(C)(C)CC(O[Si](c2ccccc2)(c2ccccc2)c2ccccc2)CC1(C)C. The number of piperidine rings is 1. The lowest BCUT2D eigenvalue weighted by molar-refractivity contribution is -0.152. The molecule has 0 radical (unpaired) electrons. The average molecular weight is 460 g/mol. The Kier molecular flexibility index (Phi) is 6.65.